The highest BCUT2D eigenvalue weighted by Crippen LogP contribution is 2.09. The molecule has 2 heterocycles. The minimum atomic E-state index is -0.492. The minimum Gasteiger partial charge on any atom is -0.464 e. The number of esters is 1. The zero-order chi connectivity index (χ0) is 15.1. The van der Waals surface area contributed by atoms with E-state index in [9.17, 15) is 4.79 Å². The van der Waals surface area contributed by atoms with Gasteiger partial charge in [-0.1, -0.05) is 18.1 Å². The summed E-state index contributed by atoms with van der Waals surface area (Å²) >= 11 is 0. The Morgan fingerprint density at radius 3 is 2.76 bits per heavy atom. The number of aromatic nitrogens is 3. The summed E-state index contributed by atoms with van der Waals surface area (Å²) in [6, 6.07) is 0. The molecule has 1 saturated heterocycles. The maximum Gasteiger partial charge on any atom is 0.360 e. The van der Waals surface area contributed by atoms with Crippen molar-refractivity contribution in [2.75, 3.05) is 26.7 Å². The summed E-state index contributed by atoms with van der Waals surface area (Å²) in [7, 11) is 1.31. The van der Waals surface area contributed by atoms with Crippen molar-refractivity contribution in [3.05, 3.63) is 11.9 Å². The molecule has 0 radical (unpaired) electrons. The summed E-state index contributed by atoms with van der Waals surface area (Å²) < 4.78 is 6.14. The zero-order valence-corrected chi connectivity index (χ0v) is 12.4. The van der Waals surface area contributed by atoms with Crippen LogP contribution in [-0.4, -0.2) is 58.6 Å². The molecule has 0 atom stereocenters. The van der Waals surface area contributed by atoms with Gasteiger partial charge in [0.25, 0.3) is 0 Å². The van der Waals surface area contributed by atoms with Crippen LogP contribution in [0.3, 0.4) is 0 Å². The fourth-order valence-corrected chi connectivity index (χ4v) is 2.27. The molecule has 0 aliphatic carbocycles. The molecule has 21 heavy (non-hydrogen) atoms. The molecule has 2 rings (SSSR count). The normalized spacial score (nSPS) is 16.6. The molecular weight excluding hydrogens is 272 g/mol. The van der Waals surface area contributed by atoms with Crippen LogP contribution in [0.4, 0.5) is 0 Å². The van der Waals surface area contributed by atoms with Crippen LogP contribution >= 0.6 is 0 Å². The van der Waals surface area contributed by atoms with Crippen LogP contribution in [0.5, 0.6) is 0 Å². The van der Waals surface area contributed by atoms with Crippen molar-refractivity contribution >= 4 is 11.9 Å². The van der Waals surface area contributed by atoms with E-state index in [1.54, 1.807) is 10.9 Å². The number of aliphatic imine (C=N–C) groups is 1. The highest BCUT2D eigenvalue weighted by atomic mass is 16.5. The Morgan fingerprint density at radius 2 is 2.10 bits per heavy atom. The van der Waals surface area contributed by atoms with Crippen LogP contribution in [0.25, 0.3) is 0 Å². The van der Waals surface area contributed by atoms with Gasteiger partial charge in [0.15, 0.2) is 11.7 Å². The van der Waals surface area contributed by atoms with Crippen LogP contribution in [0.1, 0.15) is 36.2 Å². The largest absolute Gasteiger partial charge is 0.464 e. The smallest absolute Gasteiger partial charge is 0.360 e. The van der Waals surface area contributed by atoms with Crippen LogP contribution in [0.2, 0.25) is 0 Å². The standard InChI is InChI=1S/C13H22N6O2/c1-21-12(20)11-10-19(17-16-11)9-6-15-13(14)18-7-4-2-3-5-8-18/h10H,2-9H2,1H3,(H2,14,15). The number of hydrogen-bond acceptors (Lipinski definition) is 5. The van der Waals surface area contributed by atoms with Gasteiger partial charge >= 0.3 is 5.97 Å². The first-order chi connectivity index (χ1) is 10.2. The van der Waals surface area contributed by atoms with Gasteiger partial charge in [0.2, 0.25) is 0 Å². The number of likely N-dealkylation sites (tertiary alicyclic amines) is 1. The van der Waals surface area contributed by atoms with Crippen LogP contribution in [0, 0.1) is 0 Å². The number of rotatable bonds is 4. The number of hydrogen-bond donors (Lipinski definition) is 1. The van der Waals surface area contributed by atoms with Crippen molar-refractivity contribution in [1.29, 1.82) is 0 Å². The van der Waals surface area contributed by atoms with E-state index in [1.165, 1.54) is 32.8 Å². The summed E-state index contributed by atoms with van der Waals surface area (Å²) in [5.74, 6) is 0.0963. The molecule has 0 bridgehead atoms. The predicted octanol–water partition coefficient (Wildman–Crippen LogP) is 0.255. The molecule has 1 aliphatic rings. The molecule has 2 N–H and O–H groups in total. The lowest BCUT2D eigenvalue weighted by atomic mass is 10.2. The maximum atomic E-state index is 11.3. The number of ether oxygens (including phenoxy) is 1. The van der Waals surface area contributed by atoms with Gasteiger partial charge in [0.1, 0.15) is 0 Å². The first kappa shape index (κ1) is 15.3. The summed E-state index contributed by atoms with van der Waals surface area (Å²) in [5.41, 5.74) is 6.21. The zero-order valence-electron chi connectivity index (χ0n) is 12.4. The predicted molar refractivity (Wildman–Crippen MR) is 77.9 cm³/mol. The molecular formula is C13H22N6O2. The molecule has 0 aromatic carbocycles. The number of methoxy groups -OCH3 is 1. The maximum absolute atomic E-state index is 11.3. The van der Waals surface area contributed by atoms with E-state index >= 15 is 0 Å². The van der Waals surface area contributed by atoms with E-state index in [1.807, 2.05) is 0 Å². The van der Waals surface area contributed by atoms with E-state index in [2.05, 4.69) is 24.9 Å². The van der Waals surface area contributed by atoms with Crippen LogP contribution in [0.15, 0.2) is 11.2 Å². The van der Waals surface area contributed by atoms with Gasteiger partial charge in [-0.3, -0.25) is 4.99 Å². The van der Waals surface area contributed by atoms with Gasteiger partial charge in [0.05, 0.1) is 26.4 Å². The lowest BCUT2D eigenvalue weighted by Gasteiger charge is -2.20. The molecule has 0 unspecified atom stereocenters. The molecule has 1 aromatic heterocycles. The second kappa shape index (κ2) is 7.61. The first-order valence-electron chi connectivity index (χ1n) is 7.24. The Labute approximate surface area is 124 Å². The Kier molecular flexibility index (Phi) is 5.53. The Hall–Kier alpha value is -2.12. The fourth-order valence-electron chi connectivity index (χ4n) is 2.27. The van der Waals surface area contributed by atoms with Crippen molar-refractivity contribution in [2.45, 2.75) is 32.2 Å². The van der Waals surface area contributed by atoms with Crippen molar-refractivity contribution in [1.82, 2.24) is 19.9 Å². The number of nitrogens with zero attached hydrogens (tertiary/aromatic N) is 5. The monoisotopic (exact) mass is 294 g/mol. The van der Waals surface area contributed by atoms with Gasteiger partial charge < -0.3 is 15.4 Å². The van der Waals surface area contributed by atoms with Crippen molar-refractivity contribution in [3.8, 4) is 0 Å². The van der Waals surface area contributed by atoms with E-state index in [0.29, 0.717) is 19.0 Å². The number of carbonyl (C=O) groups excluding carboxylic acids is 1. The third-order valence-corrected chi connectivity index (χ3v) is 3.47. The van der Waals surface area contributed by atoms with Gasteiger partial charge in [-0.15, -0.1) is 5.10 Å². The van der Waals surface area contributed by atoms with Gasteiger partial charge in [-0.25, -0.2) is 9.48 Å². The van der Waals surface area contributed by atoms with Crippen molar-refractivity contribution in [3.63, 3.8) is 0 Å². The third kappa shape index (κ3) is 4.44. The number of nitrogens with two attached hydrogens (primary N) is 1. The Bertz CT molecular complexity index is 491. The van der Waals surface area contributed by atoms with Crippen molar-refractivity contribution in [2.24, 2.45) is 10.7 Å². The Balaban J connectivity index is 1.83. The number of carbonyl (C=O) groups is 1. The van der Waals surface area contributed by atoms with Crippen molar-refractivity contribution < 1.29 is 9.53 Å². The average molecular weight is 294 g/mol. The summed E-state index contributed by atoms with van der Waals surface area (Å²) in [4.78, 5) is 17.8. The van der Waals surface area contributed by atoms with E-state index < -0.39 is 5.97 Å². The van der Waals surface area contributed by atoms with Gasteiger partial charge in [-0.2, -0.15) is 0 Å². The van der Waals surface area contributed by atoms with E-state index in [4.69, 9.17) is 5.73 Å². The molecule has 0 saturated carbocycles. The van der Waals surface area contributed by atoms with Gasteiger partial charge in [-0.05, 0) is 12.8 Å². The first-order valence-corrected chi connectivity index (χ1v) is 7.24. The topological polar surface area (TPSA) is 98.6 Å². The average Bonchev–Trinajstić information content (AvgIpc) is 2.79. The molecule has 1 fully saturated rings. The fraction of sp³-hybridized carbons (Fsp3) is 0.692. The molecule has 0 spiro atoms. The second-order valence-electron chi connectivity index (χ2n) is 5.00. The highest BCUT2D eigenvalue weighted by Gasteiger charge is 2.11. The van der Waals surface area contributed by atoms with Gasteiger partial charge in [0, 0.05) is 13.1 Å². The SMILES string of the molecule is COC(=O)c1cn(CCN=C(N)N2CCCCCC2)nn1. The Morgan fingerprint density at radius 1 is 1.38 bits per heavy atom. The van der Waals surface area contributed by atoms with E-state index in [-0.39, 0.29) is 5.69 Å². The molecule has 1 aliphatic heterocycles. The summed E-state index contributed by atoms with van der Waals surface area (Å²) in [5, 5.41) is 7.59. The quantitative estimate of drug-likeness (QED) is 0.486. The molecule has 0 amide bonds. The minimum absolute atomic E-state index is 0.196. The highest BCUT2D eigenvalue weighted by molar-refractivity contribution is 5.86. The lowest BCUT2D eigenvalue weighted by Crippen LogP contribution is -2.38. The molecule has 8 nitrogen and oxygen atoms in total. The van der Waals surface area contributed by atoms with E-state index in [0.717, 1.165) is 13.1 Å². The lowest BCUT2D eigenvalue weighted by molar-refractivity contribution is 0.0594. The summed E-state index contributed by atoms with van der Waals surface area (Å²) in [6.45, 7) is 2.99. The van der Waals surface area contributed by atoms with Crippen LogP contribution in [-0.2, 0) is 11.3 Å². The third-order valence-electron chi connectivity index (χ3n) is 3.47. The molecule has 1 aromatic rings. The molecule has 8 heteroatoms. The summed E-state index contributed by atoms with van der Waals surface area (Å²) in [6.07, 6.45) is 6.41. The van der Waals surface area contributed by atoms with Crippen LogP contribution < -0.4 is 5.73 Å². The number of guanidine groups is 1. The molecule has 116 valence electrons. The second-order valence-corrected chi connectivity index (χ2v) is 5.00.